The number of alkyl halides is 3. The molecule has 0 saturated carbocycles. The van der Waals surface area contributed by atoms with Crippen molar-refractivity contribution in [1.29, 1.82) is 0 Å². The zero-order chi connectivity index (χ0) is 16.0. The number of ether oxygens (including phenoxy) is 2. The van der Waals surface area contributed by atoms with Gasteiger partial charge in [-0.1, -0.05) is 12.1 Å². The highest BCUT2D eigenvalue weighted by Crippen LogP contribution is 2.17. The molecule has 1 rings (SSSR count). The molecule has 0 aliphatic rings. The molecule has 0 aliphatic carbocycles. The molecule has 1 amide bonds. The number of hydrogen-bond donors (Lipinski definition) is 1. The smallest absolute Gasteiger partial charge is 0.471 e. The van der Waals surface area contributed by atoms with Gasteiger partial charge in [0.25, 0.3) is 0 Å². The average Bonchev–Trinajstić information content (AvgIpc) is 2.45. The number of hydrogen-bond acceptors (Lipinski definition) is 4. The van der Waals surface area contributed by atoms with Crippen LogP contribution in [0.1, 0.15) is 5.56 Å². The minimum atomic E-state index is -5.10. The molecule has 0 heterocycles. The second-order valence-corrected chi connectivity index (χ2v) is 3.77. The number of methoxy groups -OCH3 is 2. The fraction of sp³-hybridized carbons (Fsp3) is 0.231. The first-order valence-electron chi connectivity index (χ1n) is 5.60. The third-order valence-electron chi connectivity index (χ3n) is 2.34. The van der Waals surface area contributed by atoms with Crippen LogP contribution in [0.4, 0.5) is 13.2 Å². The van der Waals surface area contributed by atoms with Gasteiger partial charge in [0.2, 0.25) is 0 Å². The van der Waals surface area contributed by atoms with E-state index in [9.17, 15) is 22.8 Å². The largest absolute Gasteiger partial charge is 0.497 e. The van der Waals surface area contributed by atoms with Crippen LogP contribution in [0.25, 0.3) is 6.08 Å². The predicted octanol–water partition coefficient (Wildman–Crippen LogP) is 1.89. The summed E-state index contributed by atoms with van der Waals surface area (Å²) in [4.78, 5) is 22.3. The van der Waals surface area contributed by atoms with Gasteiger partial charge in [0.15, 0.2) is 0 Å². The van der Waals surface area contributed by atoms with E-state index in [1.165, 1.54) is 24.6 Å². The van der Waals surface area contributed by atoms with Crippen molar-refractivity contribution in [2.24, 2.45) is 0 Å². The van der Waals surface area contributed by atoms with Crippen LogP contribution in [0.15, 0.2) is 30.0 Å². The number of nitrogens with one attached hydrogen (secondary N) is 1. The van der Waals surface area contributed by atoms with Gasteiger partial charge in [-0.2, -0.15) is 13.2 Å². The van der Waals surface area contributed by atoms with Gasteiger partial charge in [-0.05, 0) is 23.8 Å². The molecule has 0 aliphatic heterocycles. The van der Waals surface area contributed by atoms with E-state index in [4.69, 9.17) is 4.74 Å². The SMILES string of the molecule is COC(=O)/C(=C\c1ccc(OC)cc1)NC(=O)C(F)(F)F. The minimum absolute atomic E-state index is 0.388. The summed E-state index contributed by atoms with van der Waals surface area (Å²) in [6.45, 7) is 0. The zero-order valence-electron chi connectivity index (χ0n) is 11.2. The van der Waals surface area contributed by atoms with Gasteiger partial charge in [-0.25, -0.2) is 4.79 Å². The Morgan fingerprint density at radius 1 is 1.14 bits per heavy atom. The van der Waals surface area contributed by atoms with Gasteiger partial charge in [-0.15, -0.1) is 0 Å². The monoisotopic (exact) mass is 303 g/mol. The van der Waals surface area contributed by atoms with Gasteiger partial charge in [0.05, 0.1) is 14.2 Å². The van der Waals surface area contributed by atoms with Gasteiger partial charge in [0.1, 0.15) is 11.4 Å². The summed E-state index contributed by atoms with van der Waals surface area (Å²) >= 11 is 0. The number of esters is 1. The van der Waals surface area contributed by atoms with Crippen LogP contribution >= 0.6 is 0 Å². The predicted molar refractivity (Wildman–Crippen MR) is 67.2 cm³/mol. The summed E-state index contributed by atoms with van der Waals surface area (Å²) in [5, 5.41) is 1.48. The molecule has 21 heavy (non-hydrogen) atoms. The summed E-state index contributed by atoms with van der Waals surface area (Å²) in [5.74, 6) is -2.82. The molecular formula is C13H12F3NO4. The molecule has 0 atom stereocenters. The molecular weight excluding hydrogens is 291 g/mol. The van der Waals surface area contributed by atoms with Crippen LogP contribution in [0.3, 0.4) is 0 Å². The van der Waals surface area contributed by atoms with E-state index in [1.807, 2.05) is 0 Å². The van der Waals surface area contributed by atoms with Crippen molar-refractivity contribution in [3.8, 4) is 5.75 Å². The molecule has 0 bridgehead atoms. The molecule has 1 aromatic carbocycles. The summed E-state index contributed by atoms with van der Waals surface area (Å²) in [5.41, 5.74) is -0.233. The van der Waals surface area contributed by atoms with E-state index >= 15 is 0 Å². The second kappa shape index (κ2) is 6.78. The van der Waals surface area contributed by atoms with Crippen molar-refractivity contribution in [3.63, 3.8) is 0 Å². The Morgan fingerprint density at radius 3 is 2.14 bits per heavy atom. The lowest BCUT2D eigenvalue weighted by molar-refractivity contribution is -0.173. The molecule has 0 radical (unpaired) electrons. The van der Waals surface area contributed by atoms with E-state index in [-0.39, 0.29) is 0 Å². The molecule has 0 fully saturated rings. The summed E-state index contributed by atoms with van der Waals surface area (Å²) in [6.07, 6.45) is -4.04. The van der Waals surface area contributed by atoms with E-state index < -0.39 is 23.7 Å². The number of carbonyl (C=O) groups excluding carboxylic acids is 2. The first-order valence-corrected chi connectivity index (χ1v) is 5.60. The minimum Gasteiger partial charge on any atom is -0.497 e. The number of halogens is 3. The molecule has 0 aromatic heterocycles. The Bertz CT molecular complexity index is 550. The molecule has 0 spiro atoms. The first kappa shape index (κ1) is 16.5. The van der Waals surface area contributed by atoms with Crippen molar-refractivity contribution < 1.29 is 32.2 Å². The summed E-state index contributed by atoms with van der Waals surface area (Å²) < 4.78 is 45.9. The first-order chi connectivity index (χ1) is 9.77. The van der Waals surface area contributed by atoms with E-state index in [0.717, 1.165) is 13.2 Å². The maximum absolute atomic E-state index is 12.2. The fourth-order valence-corrected chi connectivity index (χ4v) is 1.32. The molecule has 5 nitrogen and oxygen atoms in total. The summed E-state index contributed by atoms with van der Waals surface area (Å²) in [7, 11) is 2.44. The maximum Gasteiger partial charge on any atom is 0.471 e. The third-order valence-corrected chi connectivity index (χ3v) is 2.34. The quantitative estimate of drug-likeness (QED) is 0.681. The zero-order valence-corrected chi connectivity index (χ0v) is 11.2. The Balaban J connectivity index is 3.03. The normalized spacial score (nSPS) is 11.8. The summed E-state index contributed by atoms with van der Waals surface area (Å²) in [6, 6.07) is 6.10. The van der Waals surface area contributed by atoms with Crippen LogP contribution in [0, 0.1) is 0 Å². The van der Waals surface area contributed by atoms with Crippen molar-refractivity contribution in [3.05, 3.63) is 35.5 Å². The third kappa shape index (κ3) is 4.83. The van der Waals surface area contributed by atoms with Crippen LogP contribution in [-0.2, 0) is 14.3 Å². The Morgan fingerprint density at radius 2 is 1.71 bits per heavy atom. The number of rotatable bonds is 4. The van der Waals surface area contributed by atoms with Gasteiger partial charge < -0.3 is 14.8 Å². The van der Waals surface area contributed by atoms with E-state index in [2.05, 4.69) is 4.74 Å². The van der Waals surface area contributed by atoms with Gasteiger partial charge >= 0.3 is 18.1 Å². The molecule has 114 valence electrons. The van der Waals surface area contributed by atoms with Crippen LogP contribution in [-0.4, -0.2) is 32.3 Å². The van der Waals surface area contributed by atoms with Crippen molar-refractivity contribution in [1.82, 2.24) is 5.32 Å². The van der Waals surface area contributed by atoms with Gasteiger partial charge in [0, 0.05) is 0 Å². The lowest BCUT2D eigenvalue weighted by atomic mass is 10.2. The Kier molecular flexibility index (Phi) is 5.34. The lowest BCUT2D eigenvalue weighted by Crippen LogP contribution is -2.38. The molecule has 0 saturated heterocycles. The highest BCUT2D eigenvalue weighted by atomic mass is 19.4. The molecule has 0 unspecified atom stereocenters. The van der Waals surface area contributed by atoms with Crippen molar-refractivity contribution in [2.75, 3.05) is 14.2 Å². The number of carbonyl (C=O) groups is 2. The lowest BCUT2D eigenvalue weighted by Gasteiger charge is -2.10. The average molecular weight is 303 g/mol. The van der Waals surface area contributed by atoms with Crippen LogP contribution in [0.2, 0.25) is 0 Å². The Labute approximate surface area is 118 Å². The fourth-order valence-electron chi connectivity index (χ4n) is 1.32. The topological polar surface area (TPSA) is 64.6 Å². The van der Waals surface area contributed by atoms with E-state index in [1.54, 1.807) is 12.1 Å². The molecule has 1 aromatic rings. The Hall–Kier alpha value is -2.51. The van der Waals surface area contributed by atoms with Crippen molar-refractivity contribution >= 4 is 18.0 Å². The standard InChI is InChI=1S/C13H12F3NO4/c1-20-9-5-3-8(4-6-9)7-10(11(18)21-2)17-12(19)13(14,15)16/h3-7H,1-2H3,(H,17,19)/b10-7+. The van der Waals surface area contributed by atoms with Crippen LogP contribution < -0.4 is 10.1 Å². The van der Waals surface area contributed by atoms with Crippen molar-refractivity contribution in [2.45, 2.75) is 6.18 Å². The molecule has 1 N–H and O–H groups in total. The highest BCUT2D eigenvalue weighted by molar-refractivity contribution is 5.99. The number of benzene rings is 1. The highest BCUT2D eigenvalue weighted by Gasteiger charge is 2.39. The van der Waals surface area contributed by atoms with Gasteiger partial charge in [-0.3, -0.25) is 4.79 Å². The second-order valence-electron chi connectivity index (χ2n) is 3.77. The maximum atomic E-state index is 12.2. The molecule has 8 heteroatoms. The van der Waals surface area contributed by atoms with E-state index in [0.29, 0.717) is 11.3 Å². The van der Waals surface area contributed by atoms with Crippen LogP contribution in [0.5, 0.6) is 5.75 Å². The number of amides is 1.